The third kappa shape index (κ3) is 6.85. The lowest BCUT2D eigenvalue weighted by Crippen LogP contribution is -2.45. The van der Waals surface area contributed by atoms with Gasteiger partial charge in [0.25, 0.3) is 5.91 Å². The Bertz CT molecular complexity index is 1280. The second-order valence-electron chi connectivity index (χ2n) is 10.7. The zero-order valence-corrected chi connectivity index (χ0v) is 22.6. The molecule has 3 aromatic rings. The number of nitrogens with zero attached hydrogens (tertiary/aromatic N) is 1. The molecule has 1 N–H and O–H groups in total. The summed E-state index contributed by atoms with van der Waals surface area (Å²) in [5.41, 5.74) is -0.256. The first kappa shape index (κ1) is 27.2. The SMILES string of the molecule is C[C@H](C(=O)OC(C)(C)C)N(Cc1csc(C(=O)OC(C)(C)C)c1)C(=O)c1cccc2cc(O)ccc12. The number of esters is 2. The molecule has 0 aliphatic rings. The molecule has 8 heteroatoms. The molecular weight excluding hydrogens is 478 g/mol. The average molecular weight is 512 g/mol. The van der Waals surface area contributed by atoms with E-state index in [0.717, 1.165) is 0 Å². The van der Waals surface area contributed by atoms with E-state index >= 15 is 0 Å². The van der Waals surface area contributed by atoms with Crippen LogP contribution in [0, 0.1) is 0 Å². The normalized spacial score (nSPS) is 12.8. The molecule has 0 aliphatic heterocycles. The zero-order valence-electron chi connectivity index (χ0n) is 21.7. The molecule has 0 saturated carbocycles. The lowest BCUT2D eigenvalue weighted by Gasteiger charge is -2.30. The summed E-state index contributed by atoms with van der Waals surface area (Å²) >= 11 is 1.23. The first-order chi connectivity index (χ1) is 16.6. The van der Waals surface area contributed by atoms with Crippen molar-refractivity contribution in [3.05, 3.63) is 63.8 Å². The van der Waals surface area contributed by atoms with Crippen LogP contribution in [0.2, 0.25) is 0 Å². The van der Waals surface area contributed by atoms with Crippen LogP contribution in [-0.2, 0) is 20.8 Å². The van der Waals surface area contributed by atoms with Gasteiger partial charge < -0.3 is 19.5 Å². The second kappa shape index (κ2) is 10.3. The van der Waals surface area contributed by atoms with Gasteiger partial charge in [0.2, 0.25) is 0 Å². The number of benzene rings is 2. The molecule has 0 bridgehead atoms. The fraction of sp³-hybridized carbons (Fsp3) is 0.393. The molecule has 2 aromatic carbocycles. The van der Waals surface area contributed by atoms with Gasteiger partial charge in [-0.15, -0.1) is 11.3 Å². The van der Waals surface area contributed by atoms with Gasteiger partial charge in [0.15, 0.2) is 0 Å². The van der Waals surface area contributed by atoms with E-state index in [1.165, 1.54) is 22.3 Å². The van der Waals surface area contributed by atoms with E-state index in [4.69, 9.17) is 9.47 Å². The number of phenols is 1. The van der Waals surface area contributed by atoms with Crippen molar-refractivity contribution in [2.45, 2.75) is 72.3 Å². The minimum atomic E-state index is -0.894. The molecular formula is C28H33NO6S. The van der Waals surface area contributed by atoms with Crippen molar-refractivity contribution < 1.29 is 29.0 Å². The fourth-order valence-electron chi connectivity index (χ4n) is 3.60. The summed E-state index contributed by atoms with van der Waals surface area (Å²) in [5, 5.41) is 13.0. The number of ether oxygens (including phenoxy) is 2. The quantitative estimate of drug-likeness (QED) is 0.412. The van der Waals surface area contributed by atoms with Crippen LogP contribution in [-0.4, -0.2) is 45.1 Å². The van der Waals surface area contributed by atoms with Crippen molar-refractivity contribution in [3.63, 3.8) is 0 Å². The Kier molecular flexibility index (Phi) is 7.79. The topological polar surface area (TPSA) is 93.1 Å². The van der Waals surface area contributed by atoms with Gasteiger partial charge >= 0.3 is 11.9 Å². The van der Waals surface area contributed by atoms with Crippen LogP contribution in [0.15, 0.2) is 47.8 Å². The number of amides is 1. The van der Waals surface area contributed by atoms with Gasteiger partial charge in [0.1, 0.15) is 27.9 Å². The molecule has 1 amide bonds. The summed E-state index contributed by atoms with van der Waals surface area (Å²) in [6.45, 7) is 12.4. The maximum atomic E-state index is 13.9. The van der Waals surface area contributed by atoms with Crippen molar-refractivity contribution in [3.8, 4) is 5.75 Å². The van der Waals surface area contributed by atoms with Crippen molar-refractivity contribution in [1.29, 1.82) is 0 Å². The molecule has 1 atom stereocenters. The zero-order chi connectivity index (χ0) is 26.8. The monoisotopic (exact) mass is 511 g/mol. The smallest absolute Gasteiger partial charge is 0.348 e. The molecule has 36 heavy (non-hydrogen) atoms. The summed E-state index contributed by atoms with van der Waals surface area (Å²) in [6.07, 6.45) is 0. The van der Waals surface area contributed by atoms with Gasteiger partial charge in [0, 0.05) is 12.1 Å². The molecule has 0 radical (unpaired) electrons. The highest BCUT2D eigenvalue weighted by atomic mass is 32.1. The number of hydrogen-bond acceptors (Lipinski definition) is 7. The van der Waals surface area contributed by atoms with Gasteiger partial charge in [-0.05, 0) is 101 Å². The number of carbonyl (C=O) groups excluding carboxylic acids is 3. The predicted octanol–water partition coefficient (Wildman–Crippen LogP) is 5.93. The van der Waals surface area contributed by atoms with E-state index in [1.54, 1.807) is 90.2 Å². The van der Waals surface area contributed by atoms with Crippen LogP contribution >= 0.6 is 11.3 Å². The first-order valence-corrected chi connectivity index (χ1v) is 12.6. The Labute approximate surface area is 215 Å². The lowest BCUT2D eigenvalue weighted by atomic mass is 10.0. The lowest BCUT2D eigenvalue weighted by molar-refractivity contribution is -0.160. The number of aromatic hydroxyl groups is 1. The highest BCUT2D eigenvalue weighted by molar-refractivity contribution is 7.12. The van der Waals surface area contributed by atoms with Gasteiger partial charge in [-0.3, -0.25) is 4.79 Å². The largest absolute Gasteiger partial charge is 0.508 e. The van der Waals surface area contributed by atoms with Gasteiger partial charge in [-0.1, -0.05) is 12.1 Å². The summed E-state index contributed by atoms with van der Waals surface area (Å²) in [6, 6.07) is 10.8. The highest BCUT2D eigenvalue weighted by Crippen LogP contribution is 2.27. The van der Waals surface area contributed by atoms with Crippen molar-refractivity contribution in [1.82, 2.24) is 4.90 Å². The molecule has 3 rings (SSSR count). The number of phenolic OH excluding ortho intramolecular Hbond substituents is 1. The van der Waals surface area contributed by atoms with E-state index in [0.29, 0.717) is 26.8 Å². The van der Waals surface area contributed by atoms with Gasteiger partial charge in [-0.2, -0.15) is 0 Å². The number of fused-ring (bicyclic) bond motifs is 1. The van der Waals surface area contributed by atoms with Crippen LogP contribution in [0.4, 0.5) is 0 Å². The third-order valence-corrected chi connectivity index (χ3v) is 6.14. The van der Waals surface area contributed by atoms with Gasteiger partial charge in [0.05, 0.1) is 0 Å². The second-order valence-corrected chi connectivity index (χ2v) is 11.6. The molecule has 0 aliphatic carbocycles. The van der Waals surface area contributed by atoms with E-state index in [1.807, 2.05) is 0 Å². The maximum absolute atomic E-state index is 13.9. The van der Waals surface area contributed by atoms with Crippen LogP contribution in [0.5, 0.6) is 5.75 Å². The summed E-state index contributed by atoms with van der Waals surface area (Å²) < 4.78 is 11.0. The molecule has 0 saturated heterocycles. The highest BCUT2D eigenvalue weighted by Gasteiger charge is 2.32. The Morgan fingerprint density at radius 1 is 0.972 bits per heavy atom. The molecule has 1 heterocycles. The molecule has 1 aromatic heterocycles. The number of carbonyl (C=O) groups is 3. The summed E-state index contributed by atoms with van der Waals surface area (Å²) in [5.74, 6) is -1.24. The summed E-state index contributed by atoms with van der Waals surface area (Å²) in [7, 11) is 0. The van der Waals surface area contributed by atoms with E-state index in [2.05, 4.69) is 0 Å². The van der Waals surface area contributed by atoms with Crippen LogP contribution in [0.3, 0.4) is 0 Å². The number of thiophene rings is 1. The van der Waals surface area contributed by atoms with Crippen molar-refractivity contribution >= 4 is 40.0 Å². The Balaban J connectivity index is 1.97. The van der Waals surface area contributed by atoms with E-state index in [9.17, 15) is 19.5 Å². The molecule has 0 spiro atoms. The number of rotatable bonds is 6. The van der Waals surface area contributed by atoms with Crippen LogP contribution in [0.25, 0.3) is 10.8 Å². The Morgan fingerprint density at radius 2 is 1.64 bits per heavy atom. The molecule has 0 fully saturated rings. The number of hydrogen-bond donors (Lipinski definition) is 1. The van der Waals surface area contributed by atoms with Gasteiger partial charge in [-0.25, -0.2) is 9.59 Å². The Morgan fingerprint density at radius 3 is 2.28 bits per heavy atom. The average Bonchev–Trinajstić information content (AvgIpc) is 3.22. The fourth-order valence-corrected chi connectivity index (χ4v) is 4.38. The summed E-state index contributed by atoms with van der Waals surface area (Å²) in [4.78, 5) is 41.2. The third-order valence-electron chi connectivity index (χ3n) is 5.18. The molecule has 192 valence electrons. The van der Waals surface area contributed by atoms with Crippen molar-refractivity contribution in [2.75, 3.05) is 0 Å². The standard InChI is InChI=1S/C28H33NO6S/c1-17(25(32)34-27(2,3)4)29(15-18-13-23(36-16-18)26(33)35-28(5,6)7)24(31)22-10-8-9-19-14-20(30)11-12-21(19)22/h8-14,16-17,30H,15H2,1-7H3/t17-/m1/s1. The molecule has 7 nitrogen and oxygen atoms in total. The minimum absolute atomic E-state index is 0.0903. The maximum Gasteiger partial charge on any atom is 0.348 e. The van der Waals surface area contributed by atoms with Crippen LogP contribution < -0.4 is 0 Å². The van der Waals surface area contributed by atoms with Crippen molar-refractivity contribution in [2.24, 2.45) is 0 Å². The van der Waals surface area contributed by atoms with Crippen LogP contribution in [0.1, 0.15) is 74.1 Å². The minimum Gasteiger partial charge on any atom is -0.508 e. The molecule has 0 unspecified atom stereocenters. The van der Waals surface area contributed by atoms with E-state index < -0.39 is 29.2 Å². The van der Waals surface area contributed by atoms with E-state index in [-0.39, 0.29) is 18.2 Å². The first-order valence-electron chi connectivity index (χ1n) is 11.7. The Hall–Kier alpha value is -3.39. The predicted molar refractivity (Wildman–Crippen MR) is 140 cm³/mol.